The van der Waals surface area contributed by atoms with Gasteiger partial charge in [0.2, 0.25) is 0 Å². The van der Waals surface area contributed by atoms with Crippen molar-refractivity contribution in [2.75, 3.05) is 12.3 Å². The van der Waals surface area contributed by atoms with Crippen LogP contribution in [0, 0.1) is 0 Å². The molecule has 2 amide bonds. The van der Waals surface area contributed by atoms with Gasteiger partial charge in [-0.25, -0.2) is 8.42 Å². The minimum atomic E-state index is -4.51. The van der Waals surface area contributed by atoms with Crippen LogP contribution >= 0.6 is 15.9 Å². The van der Waals surface area contributed by atoms with Gasteiger partial charge in [0.25, 0.3) is 11.8 Å². The van der Waals surface area contributed by atoms with Crippen LogP contribution in [0.1, 0.15) is 20.7 Å². The largest absolute Gasteiger partial charge is 1.00 e. The predicted octanol–water partition coefficient (Wildman–Crippen LogP) is -1.25. The minimum absolute atomic E-state index is 0. The van der Waals surface area contributed by atoms with Crippen molar-refractivity contribution >= 4 is 48.6 Å². The van der Waals surface area contributed by atoms with E-state index in [4.69, 9.17) is 0 Å². The van der Waals surface area contributed by atoms with Gasteiger partial charge in [0.1, 0.15) is 0 Å². The maximum Gasteiger partial charge on any atom is 1.00 e. The molecule has 114 valence electrons. The van der Waals surface area contributed by atoms with Crippen molar-refractivity contribution in [2.24, 2.45) is 0 Å². The van der Waals surface area contributed by atoms with E-state index in [2.05, 4.69) is 15.9 Å². The van der Waals surface area contributed by atoms with Gasteiger partial charge in [0.05, 0.1) is 15.9 Å². The summed E-state index contributed by atoms with van der Waals surface area (Å²) in [7, 11) is -4.51. The zero-order valence-corrected chi connectivity index (χ0v) is 16.5. The van der Waals surface area contributed by atoms with Gasteiger partial charge < -0.3 is 4.55 Å². The minimum Gasteiger partial charge on any atom is -0.748 e. The van der Waals surface area contributed by atoms with E-state index in [-0.39, 0.29) is 29.6 Å². The Morgan fingerprint density at radius 2 is 1.65 bits per heavy atom. The standard InChI is InChI=1S/C14H10BrNO5S.Na/c15-11-5-4-10-12-8(11)2-1-3-9(12)13(17)16(14(10)18)6-7-22(19,20)21;/h1-5H,6-7H2,(H,19,20,21);/q;+1/p-1. The van der Waals surface area contributed by atoms with E-state index >= 15 is 0 Å². The van der Waals surface area contributed by atoms with Gasteiger partial charge in [0.15, 0.2) is 0 Å². The molecule has 6 nitrogen and oxygen atoms in total. The van der Waals surface area contributed by atoms with Crippen LogP contribution in [0.15, 0.2) is 34.8 Å². The van der Waals surface area contributed by atoms with Crippen LogP contribution in [0.3, 0.4) is 0 Å². The third-order valence-electron chi connectivity index (χ3n) is 3.50. The van der Waals surface area contributed by atoms with Gasteiger partial charge in [-0.3, -0.25) is 14.5 Å². The van der Waals surface area contributed by atoms with Crippen molar-refractivity contribution in [3.8, 4) is 0 Å². The average Bonchev–Trinajstić information content (AvgIpc) is 2.45. The molecule has 1 aliphatic heterocycles. The van der Waals surface area contributed by atoms with Crippen LogP contribution < -0.4 is 29.6 Å². The first-order chi connectivity index (χ1) is 10.3. The maximum absolute atomic E-state index is 12.4. The normalized spacial score (nSPS) is 14.1. The van der Waals surface area contributed by atoms with Crippen LogP contribution in [0.2, 0.25) is 0 Å². The number of carbonyl (C=O) groups excluding carboxylic acids is 2. The Balaban J connectivity index is 0.00000192. The number of nitrogens with zero attached hydrogens (tertiary/aromatic N) is 1. The van der Waals surface area contributed by atoms with Crippen LogP contribution in [0.4, 0.5) is 0 Å². The second-order valence-electron chi connectivity index (χ2n) is 4.85. The first-order valence-corrected chi connectivity index (χ1v) is 8.67. The smallest absolute Gasteiger partial charge is 0.748 e. The Morgan fingerprint density at radius 3 is 2.26 bits per heavy atom. The number of benzene rings is 2. The molecule has 0 radical (unpaired) electrons. The predicted molar refractivity (Wildman–Crippen MR) is 81.6 cm³/mol. The fourth-order valence-corrected chi connectivity index (χ4v) is 3.39. The van der Waals surface area contributed by atoms with Gasteiger partial charge in [-0.1, -0.05) is 28.1 Å². The summed E-state index contributed by atoms with van der Waals surface area (Å²) in [5.41, 5.74) is 0.633. The third-order valence-corrected chi connectivity index (χ3v) is 4.88. The monoisotopic (exact) mass is 405 g/mol. The van der Waals surface area contributed by atoms with Gasteiger partial charge >= 0.3 is 29.6 Å². The number of rotatable bonds is 3. The molecule has 0 atom stereocenters. The fourth-order valence-electron chi connectivity index (χ4n) is 2.52. The van der Waals surface area contributed by atoms with Crippen molar-refractivity contribution in [1.29, 1.82) is 0 Å². The number of carbonyl (C=O) groups is 2. The van der Waals surface area contributed by atoms with E-state index in [9.17, 15) is 22.6 Å². The number of hydrogen-bond acceptors (Lipinski definition) is 5. The molecule has 23 heavy (non-hydrogen) atoms. The molecule has 0 spiro atoms. The van der Waals surface area contributed by atoms with Gasteiger partial charge in [-0.2, -0.15) is 0 Å². The second kappa shape index (κ2) is 6.62. The molecular formula is C14H9BrNNaO5S. The van der Waals surface area contributed by atoms with E-state index in [0.717, 1.165) is 14.8 Å². The number of halogens is 1. The molecule has 0 saturated heterocycles. The SMILES string of the molecule is O=C1c2cccc3c(Br)ccc(c23)C(=O)N1CCS(=O)(=O)[O-].[Na+]. The Labute approximate surface area is 163 Å². The second-order valence-corrected chi connectivity index (χ2v) is 7.22. The average molecular weight is 406 g/mol. The number of hydrogen-bond donors (Lipinski definition) is 0. The molecule has 0 saturated carbocycles. The molecule has 3 rings (SSSR count). The van der Waals surface area contributed by atoms with Crippen molar-refractivity contribution in [1.82, 2.24) is 4.90 Å². The summed E-state index contributed by atoms with van der Waals surface area (Å²) in [6.45, 7) is -0.449. The molecule has 0 bridgehead atoms. The summed E-state index contributed by atoms with van der Waals surface area (Å²) in [6.07, 6.45) is 0. The first-order valence-electron chi connectivity index (χ1n) is 6.30. The molecule has 2 aromatic rings. The number of imide groups is 1. The van der Waals surface area contributed by atoms with Crippen molar-refractivity contribution in [2.45, 2.75) is 0 Å². The Kier molecular flexibility index (Phi) is 5.34. The van der Waals surface area contributed by atoms with E-state index in [0.29, 0.717) is 16.5 Å². The Morgan fingerprint density at radius 1 is 1.04 bits per heavy atom. The molecule has 1 aliphatic rings. The zero-order valence-electron chi connectivity index (χ0n) is 12.1. The molecule has 0 N–H and O–H groups in total. The number of amides is 2. The molecule has 0 unspecified atom stereocenters. The summed E-state index contributed by atoms with van der Waals surface area (Å²) in [6, 6.07) is 8.31. The summed E-state index contributed by atoms with van der Waals surface area (Å²) >= 11 is 3.37. The Hall–Kier alpha value is -0.770. The molecule has 1 heterocycles. The van der Waals surface area contributed by atoms with E-state index in [1.165, 1.54) is 0 Å². The summed E-state index contributed by atoms with van der Waals surface area (Å²) < 4.78 is 33.0. The van der Waals surface area contributed by atoms with E-state index in [1.54, 1.807) is 30.3 Å². The van der Waals surface area contributed by atoms with Crippen LogP contribution in [-0.2, 0) is 10.1 Å². The van der Waals surface area contributed by atoms with Gasteiger partial charge in [0, 0.05) is 27.5 Å². The topological polar surface area (TPSA) is 94.6 Å². The van der Waals surface area contributed by atoms with Crippen molar-refractivity contribution in [3.63, 3.8) is 0 Å². The third kappa shape index (κ3) is 3.38. The van der Waals surface area contributed by atoms with Crippen LogP contribution in [0.5, 0.6) is 0 Å². The summed E-state index contributed by atoms with van der Waals surface area (Å²) in [4.78, 5) is 25.7. The maximum atomic E-state index is 12.4. The Bertz CT molecular complexity index is 906. The molecule has 2 aromatic carbocycles. The van der Waals surface area contributed by atoms with Crippen LogP contribution in [0.25, 0.3) is 10.8 Å². The summed E-state index contributed by atoms with van der Waals surface area (Å²) in [5.74, 6) is -1.98. The van der Waals surface area contributed by atoms with Crippen molar-refractivity contribution in [3.05, 3.63) is 45.9 Å². The molecule has 0 aromatic heterocycles. The van der Waals surface area contributed by atoms with Gasteiger partial charge in [-0.05, 0) is 23.6 Å². The molecule has 0 aliphatic carbocycles. The quantitative estimate of drug-likeness (QED) is 0.361. The van der Waals surface area contributed by atoms with Crippen LogP contribution in [-0.4, -0.2) is 42.0 Å². The molecular weight excluding hydrogens is 397 g/mol. The van der Waals surface area contributed by atoms with E-state index in [1.807, 2.05) is 0 Å². The van der Waals surface area contributed by atoms with E-state index < -0.39 is 34.2 Å². The summed E-state index contributed by atoms with van der Waals surface area (Å²) in [5, 5.41) is 1.26. The zero-order chi connectivity index (χ0) is 16.1. The fraction of sp³-hybridized carbons (Fsp3) is 0.143. The molecule has 0 fully saturated rings. The van der Waals surface area contributed by atoms with Gasteiger partial charge in [-0.15, -0.1) is 0 Å². The first kappa shape index (κ1) is 18.6. The molecule has 9 heteroatoms. The van der Waals surface area contributed by atoms with Crippen molar-refractivity contribution < 1.29 is 52.1 Å².